The lowest BCUT2D eigenvalue weighted by Crippen LogP contribution is -1.95. The van der Waals surface area contributed by atoms with E-state index in [0.29, 0.717) is 0 Å². The number of aromatic nitrogens is 2. The minimum absolute atomic E-state index is 1.17. The number of rotatable bonds is 3. The Bertz CT molecular complexity index is 1880. The van der Waals surface area contributed by atoms with Crippen LogP contribution in [-0.4, -0.2) is 9.13 Å². The molecule has 0 unspecified atom stereocenters. The first-order valence-electron chi connectivity index (χ1n) is 14.0. The van der Waals surface area contributed by atoms with Crippen LogP contribution in [0.3, 0.4) is 0 Å². The highest BCUT2D eigenvalue weighted by Crippen LogP contribution is 2.35. The molecular weight excluding hydrogens is 484 g/mol. The average molecular weight is 515 g/mol. The summed E-state index contributed by atoms with van der Waals surface area (Å²) in [6.07, 6.45) is 0. The van der Waals surface area contributed by atoms with Gasteiger partial charge in [0, 0.05) is 32.9 Å². The summed E-state index contributed by atoms with van der Waals surface area (Å²) < 4.78 is 4.76. The molecule has 0 aliphatic carbocycles. The molecule has 2 nitrogen and oxygen atoms in total. The number of fused-ring (bicyclic) bond motifs is 6. The van der Waals surface area contributed by atoms with Gasteiger partial charge in [-0.25, -0.2) is 0 Å². The van der Waals surface area contributed by atoms with Gasteiger partial charge in [-0.2, -0.15) is 0 Å². The van der Waals surface area contributed by atoms with E-state index in [1.54, 1.807) is 0 Å². The molecule has 0 saturated heterocycles. The molecule has 0 amide bonds. The Balaban J connectivity index is 0.00000130. The Morgan fingerprint density at radius 3 is 0.950 bits per heavy atom. The molecule has 6 aromatic carbocycles. The van der Waals surface area contributed by atoms with Crippen molar-refractivity contribution in [3.63, 3.8) is 0 Å². The molecular formula is C38H30N2. The fourth-order valence-electron chi connectivity index (χ4n) is 6.05. The summed E-state index contributed by atoms with van der Waals surface area (Å²) in [4.78, 5) is 0. The maximum absolute atomic E-state index is 2.38. The van der Waals surface area contributed by atoms with Gasteiger partial charge in [-0.15, -0.1) is 0 Å². The van der Waals surface area contributed by atoms with E-state index in [2.05, 4.69) is 155 Å². The van der Waals surface area contributed by atoms with E-state index in [0.717, 1.165) is 0 Å². The maximum atomic E-state index is 2.38. The zero-order chi connectivity index (χ0) is 27.1. The van der Waals surface area contributed by atoms with Crippen LogP contribution in [0.4, 0.5) is 0 Å². The van der Waals surface area contributed by atoms with Crippen molar-refractivity contribution in [1.29, 1.82) is 0 Å². The van der Waals surface area contributed by atoms with Crippen LogP contribution < -0.4 is 0 Å². The minimum Gasteiger partial charge on any atom is -0.309 e. The third kappa shape index (κ3) is 3.72. The molecule has 40 heavy (non-hydrogen) atoms. The van der Waals surface area contributed by atoms with Crippen LogP contribution in [0.25, 0.3) is 66.1 Å². The SMILES string of the molecule is CC.c1cc(-c2cccc(-n3c4ccccc4c4ccccc43)c2)cc(-n2c3ccccc3c3ccccc32)c1. The van der Waals surface area contributed by atoms with Gasteiger partial charge < -0.3 is 9.13 Å². The lowest BCUT2D eigenvalue weighted by atomic mass is 10.0. The second-order valence-electron chi connectivity index (χ2n) is 9.84. The van der Waals surface area contributed by atoms with Crippen molar-refractivity contribution in [2.45, 2.75) is 13.8 Å². The van der Waals surface area contributed by atoms with Gasteiger partial charge in [-0.05, 0) is 59.7 Å². The lowest BCUT2D eigenvalue weighted by Gasteiger charge is -2.12. The van der Waals surface area contributed by atoms with Crippen molar-refractivity contribution in [2.24, 2.45) is 0 Å². The smallest absolute Gasteiger partial charge is 0.0541 e. The molecule has 0 saturated carbocycles. The molecule has 8 aromatic rings. The van der Waals surface area contributed by atoms with Crippen LogP contribution in [0.1, 0.15) is 13.8 Å². The molecule has 8 rings (SSSR count). The Labute approximate surface area is 234 Å². The number of benzene rings is 6. The molecule has 0 aliphatic rings. The second kappa shape index (κ2) is 9.91. The molecule has 192 valence electrons. The number of hydrogen-bond donors (Lipinski definition) is 0. The van der Waals surface area contributed by atoms with Gasteiger partial charge in [0.2, 0.25) is 0 Å². The van der Waals surface area contributed by atoms with Crippen LogP contribution in [0.15, 0.2) is 146 Å². The molecule has 0 atom stereocenters. The molecule has 2 heteroatoms. The highest BCUT2D eigenvalue weighted by Gasteiger charge is 2.14. The molecule has 2 heterocycles. The van der Waals surface area contributed by atoms with Crippen molar-refractivity contribution in [3.8, 4) is 22.5 Å². The summed E-state index contributed by atoms with van der Waals surface area (Å²) in [6.45, 7) is 4.00. The van der Waals surface area contributed by atoms with E-state index < -0.39 is 0 Å². The van der Waals surface area contributed by atoms with Crippen molar-refractivity contribution >= 4 is 43.6 Å². The van der Waals surface area contributed by atoms with Gasteiger partial charge in [0.1, 0.15) is 0 Å². The van der Waals surface area contributed by atoms with E-state index in [-0.39, 0.29) is 0 Å². The lowest BCUT2D eigenvalue weighted by molar-refractivity contribution is 1.17. The highest BCUT2D eigenvalue weighted by atomic mass is 15.0. The number of hydrogen-bond acceptors (Lipinski definition) is 0. The van der Waals surface area contributed by atoms with Crippen molar-refractivity contribution in [3.05, 3.63) is 146 Å². The molecule has 0 aliphatic heterocycles. The van der Waals surface area contributed by atoms with Gasteiger partial charge in [0.15, 0.2) is 0 Å². The molecule has 0 spiro atoms. The normalized spacial score (nSPS) is 11.2. The zero-order valence-electron chi connectivity index (χ0n) is 22.8. The van der Waals surface area contributed by atoms with E-state index in [1.807, 2.05) is 13.8 Å². The Kier molecular flexibility index (Phi) is 5.94. The average Bonchev–Trinajstić information content (AvgIpc) is 3.55. The Hall–Kier alpha value is -5.08. The third-order valence-corrected chi connectivity index (χ3v) is 7.70. The van der Waals surface area contributed by atoms with E-state index in [9.17, 15) is 0 Å². The monoisotopic (exact) mass is 514 g/mol. The van der Waals surface area contributed by atoms with Gasteiger partial charge in [-0.1, -0.05) is 111 Å². The van der Waals surface area contributed by atoms with Gasteiger partial charge in [-0.3, -0.25) is 0 Å². The summed E-state index contributed by atoms with van der Waals surface area (Å²) in [6, 6.07) is 52.5. The van der Waals surface area contributed by atoms with E-state index in [4.69, 9.17) is 0 Å². The van der Waals surface area contributed by atoms with Gasteiger partial charge >= 0.3 is 0 Å². The highest BCUT2D eigenvalue weighted by molar-refractivity contribution is 6.10. The summed E-state index contributed by atoms with van der Waals surface area (Å²) in [5, 5.41) is 5.12. The topological polar surface area (TPSA) is 9.86 Å². The fraction of sp³-hybridized carbons (Fsp3) is 0.0526. The maximum Gasteiger partial charge on any atom is 0.0541 e. The molecule has 0 fully saturated rings. The quantitative estimate of drug-likeness (QED) is 0.222. The second-order valence-corrected chi connectivity index (χ2v) is 9.84. The van der Waals surface area contributed by atoms with E-state index >= 15 is 0 Å². The largest absolute Gasteiger partial charge is 0.309 e. The Morgan fingerprint density at radius 2 is 0.625 bits per heavy atom. The first-order chi connectivity index (χ1) is 19.9. The summed E-state index contributed by atoms with van der Waals surface area (Å²) in [5.74, 6) is 0. The molecule has 0 bridgehead atoms. The van der Waals surface area contributed by atoms with Crippen LogP contribution >= 0.6 is 0 Å². The first-order valence-corrected chi connectivity index (χ1v) is 14.0. The summed E-state index contributed by atoms with van der Waals surface area (Å²) in [5.41, 5.74) is 9.65. The number of nitrogens with zero attached hydrogens (tertiary/aromatic N) is 2. The van der Waals surface area contributed by atoms with Gasteiger partial charge in [0.05, 0.1) is 22.1 Å². The molecule has 0 radical (unpaired) electrons. The first kappa shape index (κ1) is 24.0. The van der Waals surface area contributed by atoms with Gasteiger partial charge in [0.25, 0.3) is 0 Å². The molecule has 2 aromatic heterocycles. The summed E-state index contributed by atoms with van der Waals surface area (Å²) >= 11 is 0. The van der Waals surface area contributed by atoms with Crippen LogP contribution in [0.2, 0.25) is 0 Å². The van der Waals surface area contributed by atoms with Crippen molar-refractivity contribution in [2.75, 3.05) is 0 Å². The predicted octanol–water partition coefficient (Wildman–Crippen LogP) is 10.6. The number of para-hydroxylation sites is 4. The van der Waals surface area contributed by atoms with Crippen LogP contribution in [0, 0.1) is 0 Å². The van der Waals surface area contributed by atoms with Crippen LogP contribution in [-0.2, 0) is 0 Å². The van der Waals surface area contributed by atoms with Crippen LogP contribution in [0.5, 0.6) is 0 Å². The predicted molar refractivity (Wildman–Crippen MR) is 172 cm³/mol. The fourth-order valence-corrected chi connectivity index (χ4v) is 6.05. The van der Waals surface area contributed by atoms with Crippen molar-refractivity contribution in [1.82, 2.24) is 9.13 Å². The van der Waals surface area contributed by atoms with Crippen molar-refractivity contribution < 1.29 is 0 Å². The van der Waals surface area contributed by atoms with E-state index in [1.165, 1.54) is 66.1 Å². The standard InChI is InChI=1S/C36H24N2.C2H6/c1-5-19-33-29(15-1)30-16-2-6-20-34(30)37(33)27-13-9-11-25(23-27)26-12-10-14-28(24-26)38-35-21-7-3-17-31(35)32-18-4-8-22-36(32)38;1-2/h1-24H;1-2H3. The molecule has 0 N–H and O–H groups in total. The summed E-state index contributed by atoms with van der Waals surface area (Å²) in [7, 11) is 0. The third-order valence-electron chi connectivity index (χ3n) is 7.70. The Morgan fingerprint density at radius 1 is 0.325 bits per heavy atom. The minimum atomic E-state index is 1.17. The zero-order valence-corrected chi connectivity index (χ0v) is 22.8.